The van der Waals surface area contributed by atoms with E-state index in [2.05, 4.69) is 478 Å². The first kappa shape index (κ1) is 79.2. The fourth-order valence-electron chi connectivity index (χ4n) is 22.9. The second-order valence-electron chi connectivity index (χ2n) is 36.5. The number of furan rings is 4. The molecule has 30 rings (SSSR count). The Labute approximate surface area is 798 Å². The van der Waals surface area contributed by atoms with Crippen LogP contribution in [0.25, 0.3) is 290 Å². The van der Waals surface area contributed by atoms with Crippen LogP contribution in [0.4, 0.5) is 0 Å². The van der Waals surface area contributed by atoms with Crippen molar-refractivity contribution < 1.29 is 17.7 Å². The molecule has 0 amide bonds. The lowest BCUT2D eigenvalue weighted by Gasteiger charge is -2.19. The molecular formula is C134H81NO4. The molecule has 0 aliphatic carbocycles. The van der Waals surface area contributed by atoms with Crippen LogP contribution in [0.15, 0.2) is 509 Å². The van der Waals surface area contributed by atoms with Gasteiger partial charge in [0, 0.05) is 59.4 Å². The third-order valence-corrected chi connectivity index (χ3v) is 28.9. The summed E-state index contributed by atoms with van der Waals surface area (Å²) in [6.07, 6.45) is 0. The second-order valence-corrected chi connectivity index (χ2v) is 36.5. The maximum Gasteiger partial charge on any atom is 0.160 e. The summed E-state index contributed by atoms with van der Waals surface area (Å²) in [4.78, 5) is 0. The Kier molecular flexibility index (Phi) is 18.3. The third kappa shape index (κ3) is 12.7. The molecule has 25 aromatic carbocycles. The summed E-state index contributed by atoms with van der Waals surface area (Å²) in [6.45, 7) is 0. The second kappa shape index (κ2) is 32.2. The van der Waals surface area contributed by atoms with E-state index < -0.39 is 0 Å². The number of hydrogen-bond donors (Lipinski definition) is 0. The highest BCUT2D eigenvalue weighted by Gasteiger charge is 2.29. The topological polar surface area (TPSA) is 57.5 Å². The zero-order valence-corrected chi connectivity index (χ0v) is 75.3. The van der Waals surface area contributed by atoms with Crippen LogP contribution in [0.1, 0.15) is 0 Å². The molecule has 646 valence electrons. The lowest BCUT2D eigenvalue weighted by atomic mass is 9.84. The number of rotatable bonds is 9. The molecule has 0 aliphatic rings. The lowest BCUT2D eigenvalue weighted by Crippen LogP contribution is -1.96. The maximum atomic E-state index is 6.86. The predicted octanol–water partition coefficient (Wildman–Crippen LogP) is 38.3. The van der Waals surface area contributed by atoms with E-state index in [4.69, 9.17) is 17.7 Å². The van der Waals surface area contributed by atoms with Crippen molar-refractivity contribution in [3.8, 4) is 94.7 Å². The molecule has 5 heteroatoms. The van der Waals surface area contributed by atoms with Gasteiger partial charge in [0.15, 0.2) is 5.58 Å². The zero-order valence-electron chi connectivity index (χ0n) is 75.3. The Balaban J connectivity index is 0.000000103. The lowest BCUT2D eigenvalue weighted by molar-refractivity contribution is 0.666. The zero-order chi connectivity index (χ0) is 91.3. The van der Waals surface area contributed by atoms with Gasteiger partial charge in [0.05, 0.1) is 16.7 Å². The van der Waals surface area contributed by atoms with Crippen LogP contribution in [0.5, 0.6) is 0 Å². The SMILES string of the molecule is c1ccc(-c2c3ccccc3c(-c3ccc(-c4ccc5oc6ccccc6c5c4)c4oc5ccccc5c34)c3ccccc23)cc1.c1ccc(-c2c3ccccc3c(-c3ccc(-n4c5ccccc5c5ccccc54)c4oc5ccccc5c34)c3ccccc23)cc1.c1ccc2cc(-c3cc(-c4c5ccccc5c(-c5ccc6ccccc6c5)c5ccccc45)c4c(c3)oc3ccccc34)ccc2c1. The van der Waals surface area contributed by atoms with E-state index in [0.717, 1.165) is 110 Å². The molecule has 0 saturated carbocycles. The van der Waals surface area contributed by atoms with E-state index in [-0.39, 0.29) is 0 Å². The van der Waals surface area contributed by atoms with Gasteiger partial charge in [-0.15, -0.1) is 0 Å². The summed E-state index contributed by atoms with van der Waals surface area (Å²) in [6, 6.07) is 177. The molecule has 0 fully saturated rings. The minimum absolute atomic E-state index is 0.885. The largest absolute Gasteiger partial charge is 0.456 e. The first-order chi connectivity index (χ1) is 69.0. The molecule has 5 nitrogen and oxygen atoms in total. The van der Waals surface area contributed by atoms with Crippen LogP contribution in [-0.2, 0) is 0 Å². The average molecular weight is 1770 g/mol. The van der Waals surface area contributed by atoms with Gasteiger partial charge in [0.1, 0.15) is 39.1 Å². The summed E-state index contributed by atoms with van der Waals surface area (Å²) in [5.41, 5.74) is 29.7. The number of hydrogen-bond acceptors (Lipinski definition) is 4. The van der Waals surface area contributed by atoms with Crippen molar-refractivity contribution in [3.63, 3.8) is 0 Å². The normalized spacial score (nSPS) is 11.9. The molecule has 5 aromatic heterocycles. The third-order valence-electron chi connectivity index (χ3n) is 28.9. The van der Waals surface area contributed by atoms with Crippen molar-refractivity contribution in [2.45, 2.75) is 0 Å². The Hall–Kier alpha value is -18.4. The van der Waals surface area contributed by atoms with Gasteiger partial charge in [0.25, 0.3) is 0 Å². The van der Waals surface area contributed by atoms with Crippen LogP contribution in [0.3, 0.4) is 0 Å². The average Bonchev–Trinajstić information content (AvgIpc) is 1.63. The summed E-state index contributed by atoms with van der Waals surface area (Å²) in [7, 11) is 0. The first-order valence-electron chi connectivity index (χ1n) is 47.6. The number of aromatic nitrogens is 1. The minimum Gasteiger partial charge on any atom is -0.456 e. The quantitative estimate of drug-likeness (QED) is 0.135. The van der Waals surface area contributed by atoms with Gasteiger partial charge in [-0.25, -0.2) is 0 Å². The molecule has 139 heavy (non-hydrogen) atoms. The van der Waals surface area contributed by atoms with Gasteiger partial charge in [-0.2, -0.15) is 0 Å². The molecule has 0 atom stereocenters. The highest BCUT2D eigenvalue weighted by molar-refractivity contribution is 6.31. The van der Waals surface area contributed by atoms with Gasteiger partial charge in [-0.05, 0) is 255 Å². The summed E-state index contributed by atoms with van der Waals surface area (Å²) in [5.74, 6) is 0. The van der Waals surface area contributed by atoms with Crippen molar-refractivity contribution in [1.82, 2.24) is 4.57 Å². The molecule has 30 aromatic rings. The van der Waals surface area contributed by atoms with Crippen LogP contribution < -0.4 is 0 Å². The van der Waals surface area contributed by atoms with Crippen molar-refractivity contribution in [3.05, 3.63) is 491 Å². The standard InChI is InChI=1S/C46H28O.C44H27NO.C44H26O2/c1-3-13-31-25-33(23-21-29(31)11-1)35-27-41(46-40-19-9-10-20-42(40)47-43(46)28-35)45-38-17-7-5-15-36(38)44(37-16-6-8-18-39(37)45)34-24-22-30-12-2-4-14-32(30)26-34;1-2-14-28(15-3-1)41-31-18-4-6-20-33(31)42(34-21-7-5-19-32(34)41)36-26-27-39(44-43(36)35-22-10-13-25-40(35)46-44)45-37-23-11-8-16-29(37)30-17-9-12-24-38(30)45;1-2-12-27(13-3-1)41-31-15-4-6-17-33(31)42(34-18-7-5-16-32(34)41)36-24-23-29(44-43(36)35-19-9-11-21-39(35)46-44)28-22-25-40-37(26-28)30-14-8-10-20-38(30)45-40/h1-28H;1-27H;1-26H. The molecule has 0 spiro atoms. The van der Waals surface area contributed by atoms with Crippen LogP contribution in [0.2, 0.25) is 0 Å². The summed E-state index contributed by atoms with van der Waals surface area (Å²) in [5, 5.41) is 31.3. The van der Waals surface area contributed by atoms with Gasteiger partial charge in [-0.1, -0.05) is 406 Å². The molecule has 0 aliphatic heterocycles. The maximum absolute atomic E-state index is 6.86. The number of para-hydroxylation sites is 6. The van der Waals surface area contributed by atoms with Crippen molar-refractivity contribution in [1.29, 1.82) is 0 Å². The van der Waals surface area contributed by atoms with E-state index in [9.17, 15) is 0 Å². The van der Waals surface area contributed by atoms with E-state index in [1.165, 1.54) is 180 Å². The highest BCUT2D eigenvalue weighted by Crippen LogP contribution is 2.55. The van der Waals surface area contributed by atoms with E-state index in [1.54, 1.807) is 0 Å². The Morgan fingerprint density at radius 2 is 0.453 bits per heavy atom. The van der Waals surface area contributed by atoms with Crippen LogP contribution in [0, 0.1) is 0 Å². The van der Waals surface area contributed by atoms with Crippen molar-refractivity contribution >= 4 is 196 Å². The number of fused-ring (bicyclic) bond motifs is 23. The fourth-order valence-corrected chi connectivity index (χ4v) is 22.9. The first-order valence-corrected chi connectivity index (χ1v) is 47.6. The highest BCUT2D eigenvalue weighted by atomic mass is 16.3. The molecule has 0 N–H and O–H groups in total. The van der Waals surface area contributed by atoms with Gasteiger partial charge >= 0.3 is 0 Å². The molecule has 0 bridgehead atoms. The Bertz CT molecular complexity index is 10100. The molecular weight excluding hydrogens is 1690 g/mol. The number of nitrogens with zero attached hydrogens (tertiary/aromatic N) is 1. The van der Waals surface area contributed by atoms with Crippen LogP contribution in [-0.4, -0.2) is 4.57 Å². The van der Waals surface area contributed by atoms with Crippen molar-refractivity contribution in [2.75, 3.05) is 0 Å². The molecule has 0 saturated heterocycles. The predicted molar refractivity (Wildman–Crippen MR) is 586 cm³/mol. The minimum atomic E-state index is 0.885. The van der Waals surface area contributed by atoms with Gasteiger partial charge in [0.2, 0.25) is 0 Å². The molecule has 0 unspecified atom stereocenters. The smallest absolute Gasteiger partial charge is 0.160 e. The summed E-state index contributed by atoms with van der Waals surface area (Å²) >= 11 is 0. The Morgan fingerprint density at radius 1 is 0.137 bits per heavy atom. The fraction of sp³-hybridized carbons (Fsp3) is 0. The van der Waals surface area contributed by atoms with Gasteiger partial charge < -0.3 is 22.2 Å². The molecule has 5 heterocycles. The van der Waals surface area contributed by atoms with Gasteiger partial charge in [-0.3, -0.25) is 0 Å². The van der Waals surface area contributed by atoms with E-state index >= 15 is 0 Å². The van der Waals surface area contributed by atoms with E-state index in [0.29, 0.717) is 0 Å². The monoisotopic (exact) mass is 1770 g/mol. The van der Waals surface area contributed by atoms with E-state index in [1.807, 2.05) is 18.2 Å². The number of benzene rings is 25. The van der Waals surface area contributed by atoms with Crippen LogP contribution >= 0.6 is 0 Å². The summed E-state index contributed by atoms with van der Waals surface area (Å²) < 4.78 is 28.8. The Morgan fingerprint density at radius 3 is 0.935 bits per heavy atom. The van der Waals surface area contributed by atoms with Crippen molar-refractivity contribution in [2.24, 2.45) is 0 Å². The molecule has 0 radical (unpaired) electrons.